The van der Waals surface area contributed by atoms with Crippen LogP contribution in [0.25, 0.3) is 0 Å². The molecule has 0 amide bonds. The van der Waals surface area contributed by atoms with Crippen LogP contribution < -0.4 is 0 Å². The maximum Gasteiger partial charge on any atom is 0.166 e. The first-order chi connectivity index (χ1) is 6.14. The molecule has 4 nitrogen and oxygen atoms in total. The Kier molecular flexibility index (Phi) is 2.32. The lowest BCUT2D eigenvalue weighted by Gasteiger charge is -2.26. The molecule has 13 heavy (non-hydrogen) atoms. The lowest BCUT2D eigenvalue weighted by Crippen LogP contribution is -2.37. The minimum atomic E-state index is -0.815. The summed E-state index contributed by atoms with van der Waals surface area (Å²) in [7, 11) is 0. The third kappa shape index (κ3) is 1.59. The fourth-order valence-corrected chi connectivity index (χ4v) is 2.17. The predicted octanol–water partition coefficient (Wildman–Crippen LogP) is 0.0237. The number of hydrogen-bond acceptors (Lipinski definition) is 4. The van der Waals surface area contributed by atoms with Crippen LogP contribution in [0.15, 0.2) is 0 Å². The van der Waals surface area contributed by atoms with E-state index in [2.05, 4.69) is 0 Å². The van der Waals surface area contributed by atoms with Crippen LogP contribution in [0.2, 0.25) is 0 Å². The average Bonchev–Trinajstić information content (AvgIpc) is 2.35. The van der Waals surface area contributed by atoms with Crippen molar-refractivity contribution in [3.63, 3.8) is 0 Å². The molecule has 0 spiro atoms. The average molecular weight is 188 g/mol. The van der Waals surface area contributed by atoms with Crippen molar-refractivity contribution in [3.8, 4) is 0 Å². The van der Waals surface area contributed by atoms with Crippen molar-refractivity contribution in [2.45, 2.75) is 50.3 Å². The fraction of sp³-hybridized carbons (Fsp3) is 1.00. The van der Waals surface area contributed by atoms with Gasteiger partial charge in [-0.15, -0.1) is 0 Å². The van der Waals surface area contributed by atoms with Crippen LogP contribution in [0.1, 0.15) is 26.2 Å². The van der Waals surface area contributed by atoms with E-state index in [9.17, 15) is 5.11 Å². The van der Waals surface area contributed by atoms with E-state index in [0.29, 0.717) is 0 Å². The molecule has 4 heteroatoms. The van der Waals surface area contributed by atoms with Crippen molar-refractivity contribution in [1.29, 1.82) is 0 Å². The van der Waals surface area contributed by atoms with Crippen LogP contribution in [0.5, 0.6) is 0 Å². The molecule has 2 bridgehead atoms. The largest absolute Gasteiger partial charge is 0.394 e. The van der Waals surface area contributed by atoms with Gasteiger partial charge in [-0.05, 0) is 19.8 Å². The minimum absolute atomic E-state index is 0.0408. The van der Waals surface area contributed by atoms with E-state index in [1.807, 2.05) is 6.92 Å². The highest BCUT2D eigenvalue weighted by atomic mass is 16.8. The summed E-state index contributed by atoms with van der Waals surface area (Å²) >= 11 is 0. The van der Waals surface area contributed by atoms with E-state index in [0.717, 1.165) is 19.3 Å². The maximum atomic E-state index is 9.46. The lowest BCUT2D eigenvalue weighted by atomic mass is 10.0. The molecule has 2 heterocycles. The van der Waals surface area contributed by atoms with Crippen LogP contribution in [0.3, 0.4) is 0 Å². The molecule has 76 valence electrons. The van der Waals surface area contributed by atoms with E-state index in [1.165, 1.54) is 0 Å². The molecule has 2 fully saturated rings. The molecule has 0 aliphatic carbocycles. The highest BCUT2D eigenvalue weighted by Gasteiger charge is 2.49. The molecule has 2 aliphatic rings. The van der Waals surface area contributed by atoms with E-state index < -0.39 is 11.9 Å². The summed E-state index contributed by atoms with van der Waals surface area (Å²) in [6.45, 7) is 1.63. The quantitative estimate of drug-likeness (QED) is 0.641. The van der Waals surface area contributed by atoms with Crippen LogP contribution in [-0.2, 0) is 9.47 Å². The van der Waals surface area contributed by atoms with Gasteiger partial charge >= 0.3 is 0 Å². The Morgan fingerprint density at radius 1 is 1.54 bits per heavy atom. The van der Waals surface area contributed by atoms with E-state index in [4.69, 9.17) is 14.6 Å². The highest BCUT2D eigenvalue weighted by molar-refractivity contribution is 4.91. The van der Waals surface area contributed by atoms with Crippen molar-refractivity contribution in [2.24, 2.45) is 0 Å². The van der Waals surface area contributed by atoms with Crippen molar-refractivity contribution < 1.29 is 19.7 Å². The van der Waals surface area contributed by atoms with Crippen LogP contribution >= 0.6 is 0 Å². The Labute approximate surface area is 77.5 Å². The van der Waals surface area contributed by atoms with Gasteiger partial charge in [0.25, 0.3) is 0 Å². The second-order valence-corrected chi connectivity index (χ2v) is 4.01. The van der Waals surface area contributed by atoms with Crippen LogP contribution in [0, 0.1) is 0 Å². The Bertz CT molecular complexity index is 196. The zero-order chi connectivity index (χ0) is 9.47. The zero-order valence-electron chi connectivity index (χ0n) is 7.77. The van der Waals surface area contributed by atoms with Gasteiger partial charge in [0.15, 0.2) is 5.79 Å². The summed E-state index contributed by atoms with van der Waals surface area (Å²) in [6, 6.07) is 0. The maximum absolute atomic E-state index is 9.46. The SMILES string of the molecule is CC12CCCC(O1)C(C(O)CO)O2. The summed E-state index contributed by atoms with van der Waals surface area (Å²) in [5, 5.41) is 18.3. The normalized spacial score (nSPS) is 46.4. The molecule has 2 rings (SSSR count). The third-order valence-electron chi connectivity index (χ3n) is 2.84. The van der Waals surface area contributed by atoms with Gasteiger partial charge < -0.3 is 19.7 Å². The molecule has 4 atom stereocenters. The minimum Gasteiger partial charge on any atom is -0.394 e. The van der Waals surface area contributed by atoms with Gasteiger partial charge in [-0.3, -0.25) is 0 Å². The van der Waals surface area contributed by atoms with Crippen molar-refractivity contribution in [1.82, 2.24) is 0 Å². The standard InChI is InChI=1S/C9H16O4/c1-9-4-2-3-7(12-9)8(13-9)6(11)5-10/h6-8,10-11H,2-5H2,1H3. The zero-order valence-corrected chi connectivity index (χ0v) is 7.77. The Morgan fingerprint density at radius 3 is 2.92 bits per heavy atom. The molecule has 0 aromatic carbocycles. The molecule has 2 saturated heterocycles. The lowest BCUT2D eigenvalue weighted by molar-refractivity contribution is -0.185. The number of aliphatic hydroxyl groups is 2. The molecule has 0 saturated carbocycles. The molecule has 0 aromatic heterocycles. The van der Waals surface area contributed by atoms with E-state index in [1.54, 1.807) is 0 Å². The van der Waals surface area contributed by atoms with Gasteiger partial charge in [0.1, 0.15) is 12.2 Å². The van der Waals surface area contributed by atoms with Gasteiger partial charge in [0.05, 0.1) is 12.7 Å². The summed E-state index contributed by atoms with van der Waals surface area (Å²) < 4.78 is 11.2. The smallest absolute Gasteiger partial charge is 0.166 e. The van der Waals surface area contributed by atoms with Gasteiger partial charge in [-0.2, -0.15) is 0 Å². The first kappa shape index (κ1) is 9.40. The first-order valence-electron chi connectivity index (χ1n) is 4.79. The van der Waals surface area contributed by atoms with E-state index in [-0.39, 0.29) is 18.8 Å². The molecule has 2 N–H and O–H groups in total. The third-order valence-corrected chi connectivity index (χ3v) is 2.84. The number of fused-ring (bicyclic) bond motifs is 2. The molecular formula is C9H16O4. The van der Waals surface area contributed by atoms with Crippen LogP contribution in [0.4, 0.5) is 0 Å². The number of rotatable bonds is 2. The Morgan fingerprint density at radius 2 is 2.31 bits per heavy atom. The van der Waals surface area contributed by atoms with Crippen LogP contribution in [-0.4, -0.2) is 40.9 Å². The summed E-state index contributed by atoms with van der Waals surface area (Å²) in [6.07, 6.45) is 1.65. The van der Waals surface area contributed by atoms with Gasteiger partial charge in [0.2, 0.25) is 0 Å². The number of aliphatic hydroxyl groups excluding tert-OH is 2. The van der Waals surface area contributed by atoms with Crippen molar-refractivity contribution in [2.75, 3.05) is 6.61 Å². The molecule has 2 aliphatic heterocycles. The van der Waals surface area contributed by atoms with Gasteiger partial charge in [-0.25, -0.2) is 0 Å². The molecular weight excluding hydrogens is 172 g/mol. The number of ether oxygens (including phenoxy) is 2. The number of hydrogen-bond donors (Lipinski definition) is 2. The monoisotopic (exact) mass is 188 g/mol. The Balaban J connectivity index is 2.07. The molecule has 0 aromatic rings. The summed E-state index contributed by atoms with van der Waals surface area (Å²) in [5.41, 5.74) is 0. The molecule has 0 radical (unpaired) electrons. The fourth-order valence-electron chi connectivity index (χ4n) is 2.17. The first-order valence-corrected chi connectivity index (χ1v) is 4.79. The predicted molar refractivity (Wildman–Crippen MR) is 45.1 cm³/mol. The highest BCUT2D eigenvalue weighted by Crippen LogP contribution is 2.40. The topological polar surface area (TPSA) is 58.9 Å². The Hall–Kier alpha value is -0.160. The summed E-state index contributed by atoms with van der Waals surface area (Å²) in [5.74, 6) is -0.524. The van der Waals surface area contributed by atoms with E-state index >= 15 is 0 Å². The van der Waals surface area contributed by atoms with Crippen molar-refractivity contribution in [3.05, 3.63) is 0 Å². The van der Waals surface area contributed by atoms with Gasteiger partial charge in [-0.1, -0.05) is 0 Å². The van der Waals surface area contributed by atoms with Crippen molar-refractivity contribution >= 4 is 0 Å². The summed E-state index contributed by atoms with van der Waals surface area (Å²) in [4.78, 5) is 0. The van der Waals surface area contributed by atoms with Gasteiger partial charge in [0, 0.05) is 6.42 Å². The molecule has 4 unspecified atom stereocenters. The second kappa shape index (κ2) is 3.20. The second-order valence-electron chi connectivity index (χ2n) is 4.01.